The van der Waals surface area contributed by atoms with Gasteiger partial charge in [0.05, 0.1) is 11.0 Å². The van der Waals surface area contributed by atoms with Gasteiger partial charge in [0.15, 0.2) is 0 Å². The molecule has 14 heavy (non-hydrogen) atoms. The van der Waals surface area contributed by atoms with Crippen LogP contribution >= 0.6 is 12.4 Å². The number of nitrogens with zero attached hydrogens (tertiary/aromatic N) is 1. The van der Waals surface area contributed by atoms with Crippen molar-refractivity contribution in [3.05, 3.63) is 34.7 Å². The number of aromatic amines is 1. The SMILES string of the molecule is CC(C)n1c(=O)[nH]c2ccccc21.Cl. The van der Waals surface area contributed by atoms with Crippen LogP contribution in [0.2, 0.25) is 0 Å². The Bertz CT molecular complexity index is 484. The van der Waals surface area contributed by atoms with Crippen molar-refractivity contribution in [2.24, 2.45) is 0 Å². The van der Waals surface area contributed by atoms with E-state index in [-0.39, 0.29) is 24.1 Å². The normalized spacial score (nSPS) is 10.5. The quantitative estimate of drug-likeness (QED) is 0.774. The molecule has 0 bridgehead atoms. The molecule has 0 unspecified atom stereocenters. The van der Waals surface area contributed by atoms with Gasteiger partial charge in [-0.15, -0.1) is 12.4 Å². The van der Waals surface area contributed by atoms with Crippen molar-refractivity contribution in [1.29, 1.82) is 0 Å². The fraction of sp³-hybridized carbons (Fsp3) is 0.300. The maximum absolute atomic E-state index is 11.5. The summed E-state index contributed by atoms with van der Waals surface area (Å²) in [6.45, 7) is 4.00. The number of halogens is 1. The summed E-state index contributed by atoms with van der Waals surface area (Å²) in [6, 6.07) is 7.92. The third kappa shape index (κ3) is 1.55. The van der Waals surface area contributed by atoms with Crippen LogP contribution < -0.4 is 5.69 Å². The molecule has 0 radical (unpaired) electrons. The first kappa shape index (κ1) is 10.9. The second-order valence-electron chi connectivity index (χ2n) is 3.41. The van der Waals surface area contributed by atoms with E-state index >= 15 is 0 Å². The highest BCUT2D eigenvalue weighted by molar-refractivity contribution is 5.85. The summed E-state index contributed by atoms with van der Waals surface area (Å²) < 4.78 is 1.76. The van der Waals surface area contributed by atoms with E-state index in [4.69, 9.17) is 0 Å². The van der Waals surface area contributed by atoms with Gasteiger partial charge in [-0.1, -0.05) is 12.1 Å². The van der Waals surface area contributed by atoms with E-state index in [1.54, 1.807) is 4.57 Å². The molecule has 2 rings (SSSR count). The fourth-order valence-corrected chi connectivity index (χ4v) is 1.59. The Morgan fingerprint density at radius 1 is 1.29 bits per heavy atom. The molecule has 1 heterocycles. The highest BCUT2D eigenvalue weighted by Gasteiger charge is 2.07. The van der Waals surface area contributed by atoms with Gasteiger partial charge in [-0.3, -0.25) is 4.57 Å². The van der Waals surface area contributed by atoms with Crippen LogP contribution in [0.3, 0.4) is 0 Å². The zero-order valence-corrected chi connectivity index (χ0v) is 8.97. The second-order valence-corrected chi connectivity index (χ2v) is 3.41. The van der Waals surface area contributed by atoms with E-state index in [0.717, 1.165) is 11.0 Å². The lowest BCUT2D eigenvalue weighted by molar-refractivity contribution is 0.598. The van der Waals surface area contributed by atoms with Crippen LogP contribution in [0.5, 0.6) is 0 Å². The molecule has 3 nitrogen and oxygen atoms in total. The summed E-state index contributed by atoms with van der Waals surface area (Å²) >= 11 is 0. The van der Waals surface area contributed by atoms with E-state index in [1.807, 2.05) is 38.1 Å². The van der Waals surface area contributed by atoms with Gasteiger partial charge in [0.1, 0.15) is 0 Å². The minimum Gasteiger partial charge on any atom is -0.306 e. The Kier molecular flexibility index (Phi) is 3.01. The van der Waals surface area contributed by atoms with Gasteiger partial charge in [-0.25, -0.2) is 4.79 Å². The molecule has 0 atom stereocenters. The average Bonchev–Trinajstić information content (AvgIpc) is 2.39. The molecule has 2 aromatic rings. The van der Waals surface area contributed by atoms with E-state index in [0.29, 0.717) is 0 Å². The van der Waals surface area contributed by atoms with Gasteiger partial charge < -0.3 is 4.98 Å². The van der Waals surface area contributed by atoms with E-state index in [1.165, 1.54) is 0 Å². The molecule has 0 aliphatic rings. The molecular formula is C10H13ClN2O. The molecule has 1 aromatic heterocycles. The lowest BCUT2D eigenvalue weighted by Crippen LogP contribution is -2.18. The zero-order chi connectivity index (χ0) is 9.42. The van der Waals surface area contributed by atoms with E-state index < -0.39 is 0 Å². The summed E-state index contributed by atoms with van der Waals surface area (Å²) in [6.07, 6.45) is 0. The molecule has 0 spiro atoms. The zero-order valence-electron chi connectivity index (χ0n) is 8.15. The predicted molar refractivity (Wildman–Crippen MR) is 60.2 cm³/mol. The number of hydrogen-bond donors (Lipinski definition) is 1. The minimum atomic E-state index is -0.0313. The van der Waals surface area contributed by atoms with Crippen molar-refractivity contribution in [2.45, 2.75) is 19.9 Å². The molecule has 0 aliphatic carbocycles. The van der Waals surface area contributed by atoms with Crippen LogP contribution in [0.1, 0.15) is 19.9 Å². The van der Waals surface area contributed by atoms with Crippen molar-refractivity contribution in [3.8, 4) is 0 Å². The van der Waals surface area contributed by atoms with Gasteiger partial charge in [-0.05, 0) is 26.0 Å². The number of imidazole rings is 1. The summed E-state index contributed by atoms with van der Waals surface area (Å²) in [5.41, 5.74) is 1.85. The molecule has 0 aliphatic heterocycles. The Morgan fingerprint density at radius 3 is 2.57 bits per heavy atom. The minimum absolute atomic E-state index is 0. The molecule has 4 heteroatoms. The van der Waals surface area contributed by atoms with Crippen molar-refractivity contribution in [3.63, 3.8) is 0 Å². The molecule has 0 saturated carbocycles. The summed E-state index contributed by atoms with van der Waals surface area (Å²) in [5.74, 6) is 0. The number of benzene rings is 1. The highest BCUT2D eigenvalue weighted by atomic mass is 35.5. The van der Waals surface area contributed by atoms with Crippen LogP contribution in [0.4, 0.5) is 0 Å². The fourth-order valence-electron chi connectivity index (χ4n) is 1.59. The first-order chi connectivity index (χ1) is 6.20. The Hall–Kier alpha value is -1.22. The van der Waals surface area contributed by atoms with Crippen molar-refractivity contribution < 1.29 is 0 Å². The highest BCUT2D eigenvalue weighted by Crippen LogP contribution is 2.13. The molecule has 76 valence electrons. The topological polar surface area (TPSA) is 37.8 Å². The number of nitrogens with one attached hydrogen (secondary N) is 1. The van der Waals surface area contributed by atoms with Gasteiger partial charge >= 0.3 is 5.69 Å². The van der Waals surface area contributed by atoms with Gasteiger partial charge in [0, 0.05) is 6.04 Å². The average molecular weight is 213 g/mol. The Balaban J connectivity index is 0.000000980. The maximum Gasteiger partial charge on any atom is 0.326 e. The second kappa shape index (κ2) is 3.88. The smallest absolute Gasteiger partial charge is 0.306 e. The van der Waals surface area contributed by atoms with Crippen LogP contribution in [-0.2, 0) is 0 Å². The molecule has 0 fully saturated rings. The number of rotatable bonds is 1. The number of aromatic nitrogens is 2. The summed E-state index contributed by atoms with van der Waals surface area (Å²) in [5, 5.41) is 0. The van der Waals surface area contributed by atoms with Crippen LogP contribution in [0.25, 0.3) is 11.0 Å². The first-order valence-electron chi connectivity index (χ1n) is 4.39. The lowest BCUT2D eigenvalue weighted by atomic mass is 10.3. The van der Waals surface area contributed by atoms with Crippen LogP contribution in [0, 0.1) is 0 Å². The third-order valence-corrected chi connectivity index (χ3v) is 2.14. The predicted octanol–water partition coefficient (Wildman–Crippen LogP) is 2.33. The maximum atomic E-state index is 11.5. The van der Waals surface area contributed by atoms with Gasteiger partial charge in [0.25, 0.3) is 0 Å². The number of hydrogen-bond acceptors (Lipinski definition) is 1. The number of H-pyrrole nitrogens is 1. The molecular weight excluding hydrogens is 200 g/mol. The third-order valence-electron chi connectivity index (χ3n) is 2.14. The molecule has 0 saturated heterocycles. The van der Waals surface area contributed by atoms with Gasteiger partial charge in [0.2, 0.25) is 0 Å². The molecule has 1 aromatic carbocycles. The van der Waals surface area contributed by atoms with E-state index in [2.05, 4.69) is 4.98 Å². The number of fused-ring (bicyclic) bond motifs is 1. The monoisotopic (exact) mass is 212 g/mol. The standard InChI is InChI=1S/C10H12N2O.ClH/c1-7(2)12-9-6-4-3-5-8(9)11-10(12)13;/h3-7H,1-2H3,(H,11,13);1H. The van der Waals surface area contributed by atoms with Crippen LogP contribution in [0.15, 0.2) is 29.1 Å². The lowest BCUT2D eigenvalue weighted by Gasteiger charge is -2.05. The Morgan fingerprint density at radius 2 is 1.93 bits per heavy atom. The molecule has 1 N–H and O–H groups in total. The Labute approximate surface area is 88.2 Å². The summed E-state index contributed by atoms with van der Waals surface area (Å²) in [7, 11) is 0. The largest absolute Gasteiger partial charge is 0.326 e. The van der Waals surface area contributed by atoms with Crippen LogP contribution in [-0.4, -0.2) is 9.55 Å². The van der Waals surface area contributed by atoms with Crippen molar-refractivity contribution in [2.75, 3.05) is 0 Å². The van der Waals surface area contributed by atoms with Crippen molar-refractivity contribution in [1.82, 2.24) is 9.55 Å². The summed E-state index contributed by atoms with van der Waals surface area (Å²) in [4.78, 5) is 14.3. The van der Waals surface area contributed by atoms with Gasteiger partial charge in [-0.2, -0.15) is 0 Å². The first-order valence-corrected chi connectivity index (χ1v) is 4.39. The number of para-hydroxylation sites is 2. The van der Waals surface area contributed by atoms with E-state index in [9.17, 15) is 4.79 Å². The van der Waals surface area contributed by atoms with Crippen molar-refractivity contribution >= 4 is 23.4 Å². The molecule has 0 amide bonds.